The zero-order valence-corrected chi connectivity index (χ0v) is 12.2. The summed E-state index contributed by atoms with van der Waals surface area (Å²) in [5.41, 5.74) is 0.618. The molecule has 0 aliphatic heterocycles. The maximum absolute atomic E-state index is 11.5. The highest BCUT2D eigenvalue weighted by Crippen LogP contribution is 2.03. The van der Waals surface area contributed by atoms with E-state index < -0.39 is 23.8 Å². The summed E-state index contributed by atoms with van der Waals surface area (Å²) in [5, 5.41) is 31.6. The lowest BCUT2D eigenvalue weighted by Crippen LogP contribution is -2.47. The number of aliphatic hydroxyl groups excluding tert-OH is 1. The molecule has 21 heavy (non-hydrogen) atoms. The highest BCUT2D eigenvalue weighted by atomic mass is 16.5. The van der Waals surface area contributed by atoms with Crippen molar-refractivity contribution in [3.63, 3.8) is 0 Å². The molecule has 0 aromatic heterocycles. The van der Waals surface area contributed by atoms with Crippen LogP contribution in [-0.4, -0.2) is 52.4 Å². The Morgan fingerprint density at radius 3 is 2.43 bits per heavy atom. The number of aliphatic hydroxyl groups is 1. The van der Waals surface area contributed by atoms with Gasteiger partial charge in [0.2, 0.25) is 5.91 Å². The molecule has 0 aromatic rings. The van der Waals surface area contributed by atoms with Crippen molar-refractivity contribution in [2.24, 2.45) is 0 Å². The second-order valence-electron chi connectivity index (χ2n) is 4.64. The first-order valence-electron chi connectivity index (χ1n) is 6.54. The van der Waals surface area contributed by atoms with Crippen LogP contribution in [0.25, 0.3) is 0 Å². The van der Waals surface area contributed by atoms with Crippen LogP contribution < -0.4 is 10.4 Å². The van der Waals surface area contributed by atoms with E-state index in [9.17, 15) is 24.7 Å². The van der Waals surface area contributed by atoms with Crippen LogP contribution in [-0.2, 0) is 14.4 Å². The Kier molecular flexibility index (Phi) is 8.98. The number of aliphatic carboxylic acids is 1. The van der Waals surface area contributed by atoms with Crippen LogP contribution in [0.15, 0.2) is 11.6 Å². The second kappa shape index (κ2) is 9.89. The van der Waals surface area contributed by atoms with Crippen LogP contribution in [0.2, 0.25) is 0 Å². The van der Waals surface area contributed by atoms with Crippen molar-refractivity contribution in [3.05, 3.63) is 11.6 Å². The highest BCUT2D eigenvalue weighted by Gasteiger charge is 2.13. The minimum absolute atomic E-state index is 0.0333. The van der Waals surface area contributed by atoms with Gasteiger partial charge in [0.25, 0.3) is 5.91 Å². The fourth-order valence-corrected chi connectivity index (χ4v) is 1.58. The lowest BCUT2D eigenvalue weighted by molar-refractivity contribution is -0.308. The monoisotopic (exact) mass is 301 g/mol. The summed E-state index contributed by atoms with van der Waals surface area (Å²) in [7, 11) is 0. The van der Waals surface area contributed by atoms with E-state index in [4.69, 9.17) is 5.11 Å². The molecule has 2 amide bonds. The van der Waals surface area contributed by atoms with Crippen LogP contribution in [0.5, 0.6) is 0 Å². The van der Waals surface area contributed by atoms with E-state index in [-0.39, 0.29) is 26.0 Å². The van der Waals surface area contributed by atoms with Crippen molar-refractivity contribution in [1.82, 2.24) is 10.4 Å². The van der Waals surface area contributed by atoms with Crippen LogP contribution >= 0.6 is 0 Å². The van der Waals surface area contributed by atoms with Crippen LogP contribution in [0.1, 0.15) is 33.1 Å². The summed E-state index contributed by atoms with van der Waals surface area (Å²) in [6.07, 6.45) is 1.73. The normalized spacial score (nSPS) is 12.7. The van der Waals surface area contributed by atoms with Gasteiger partial charge in [-0.05, 0) is 26.2 Å². The quantitative estimate of drug-likeness (QED) is 0.272. The van der Waals surface area contributed by atoms with Gasteiger partial charge in [0.15, 0.2) is 0 Å². The van der Waals surface area contributed by atoms with E-state index in [0.29, 0.717) is 17.1 Å². The number of nitrogens with zero attached hydrogens (tertiary/aromatic N) is 1. The summed E-state index contributed by atoms with van der Waals surface area (Å²) < 4.78 is 0. The number of hydrogen-bond acceptors (Lipinski definition) is 6. The molecule has 3 N–H and O–H groups in total. The van der Waals surface area contributed by atoms with Crippen molar-refractivity contribution >= 4 is 17.8 Å². The van der Waals surface area contributed by atoms with Crippen LogP contribution in [0.3, 0.4) is 0 Å². The third-order valence-electron chi connectivity index (χ3n) is 2.66. The van der Waals surface area contributed by atoms with Gasteiger partial charge in [-0.1, -0.05) is 5.57 Å². The van der Waals surface area contributed by atoms with E-state index in [0.717, 1.165) is 0 Å². The van der Waals surface area contributed by atoms with E-state index in [1.807, 2.05) is 0 Å². The van der Waals surface area contributed by atoms with Gasteiger partial charge in [-0.2, -0.15) is 0 Å². The fourth-order valence-electron chi connectivity index (χ4n) is 1.58. The lowest BCUT2D eigenvalue weighted by atomic mass is 10.1. The van der Waals surface area contributed by atoms with Gasteiger partial charge in [-0.3, -0.25) is 14.8 Å². The SMILES string of the molecule is CC(=O)N[C@@H](CCCN(O)C(=O)/C=C(/C)CCO)C(=O)[O-]. The zero-order chi connectivity index (χ0) is 16.4. The molecule has 8 nitrogen and oxygen atoms in total. The average molecular weight is 301 g/mol. The Labute approximate surface area is 123 Å². The minimum atomic E-state index is -1.42. The molecule has 0 spiro atoms. The molecule has 0 heterocycles. The summed E-state index contributed by atoms with van der Waals surface area (Å²) in [4.78, 5) is 33.1. The average Bonchev–Trinajstić information content (AvgIpc) is 2.36. The molecule has 0 saturated carbocycles. The third kappa shape index (κ3) is 8.77. The summed E-state index contributed by atoms with van der Waals surface area (Å²) in [6.45, 7) is 2.66. The smallest absolute Gasteiger partial charge is 0.269 e. The molecule has 0 fully saturated rings. The summed E-state index contributed by atoms with van der Waals surface area (Å²) >= 11 is 0. The van der Waals surface area contributed by atoms with Gasteiger partial charge >= 0.3 is 0 Å². The first kappa shape index (κ1) is 19.1. The van der Waals surface area contributed by atoms with E-state index >= 15 is 0 Å². The molecular weight excluding hydrogens is 280 g/mol. The number of amides is 2. The molecule has 0 aliphatic carbocycles. The molecule has 120 valence electrons. The Bertz CT molecular complexity index is 407. The molecule has 0 aromatic carbocycles. The van der Waals surface area contributed by atoms with Gasteiger partial charge in [0.05, 0.1) is 12.0 Å². The molecule has 0 saturated heterocycles. The molecule has 0 rings (SSSR count). The van der Waals surface area contributed by atoms with Gasteiger partial charge in [-0.25, -0.2) is 5.06 Å². The third-order valence-corrected chi connectivity index (χ3v) is 2.66. The van der Waals surface area contributed by atoms with Gasteiger partial charge in [0, 0.05) is 26.2 Å². The molecular formula is C13H21N2O6-. The zero-order valence-electron chi connectivity index (χ0n) is 12.2. The Morgan fingerprint density at radius 1 is 1.33 bits per heavy atom. The second-order valence-corrected chi connectivity index (χ2v) is 4.64. The number of carbonyl (C=O) groups is 3. The molecule has 1 atom stereocenters. The molecule has 0 aliphatic rings. The number of rotatable bonds is 9. The van der Waals surface area contributed by atoms with Crippen molar-refractivity contribution < 1.29 is 29.8 Å². The fraction of sp³-hybridized carbons (Fsp3) is 0.615. The van der Waals surface area contributed by atoms with Crippen LogP contribution in [0, 0.1) is 0 Å². The number of hydroxylamine groups is 2. The van der Waals surface area contributed by atoms with Gasteiger partial charge < -0.3 is 20.3 Å². The number of carboxylic acids is 1. The number of carbonyl (C=O) groups excluding carboxylic acids is 3. The predicted octanol–water partition coefficient (Wildman–Crippen LogP) is -1.43. The number of hydrogen-bond donors (Lipinski definition) is 3. The van der Waals surface area contributed by atoms with E-state index in [2.05, 4.69) is 5.32 Å². The largest absolute Gasteiger partial charge is 0.548 e. The van der Waals surface area contributed by atoms with Crippen molar-refractivity contribution in [2.75, 3.05) is 13.2 Å². The number of carboxylic acid groups (broad SMARTS) is 1. The lowest BCUT2D eigenvalue weighted by Gasteiger charge is -2.20. The number of nitrogens with one attached hydrogen (secondary N) is 1. The van der Waals surface area contributed by atoms with E-state index in [1.54, 1.807) is 6.92 Å². The molecule has 8 heteroatoms. The van der Waals surface area contributed by atoms with E-state index in [1.165, 1.54) is 13.0 Å². The standard InChI is InChI=1S/C13H22N2O6/c1-9(5-7-16)8-12(18)15(21)6-3-4-11(13(19)20)14-10(2)17/h8,11,16,21H,3-7H2,1-2H3,(H,14,17)(H,19,20)/p-1/b9-8-/t11-/m0/s1. The van der Waals surface area contributed by atoms with Crippen LogP contribution in [0.4, 0.5) is 0 Å². The Balaban J connectivity index is 4.26. The maximum atomic E-state index is 11.5. The predicted molar refractivity (Wildman–Crippen MR) is 70.8 cm³/mol. The first-order valence-corrected chi connectivity index (χ1v) is 6.54. The summed E-state index contributed by atoms with van der Waals surface area (Å²) in [6, 6.07) is -1.15. The topological polar surface area (TPSA) is 130 Å². The Hall–Kier alpha value is -1.93. The molecule has 0 bridgehead atoms. The van der Waals surface area contributed by atoms with Crippen molar-refractivity contribution in [3.8, 4) is 0 Å². The van der Waals surface area contributed by atoms with Crippen molar-refractivity contribution in [1.29, 1.82) is 0 Å². The first-order chi connectivity index (χ1) is 9.77. The highest BCUT2D eigenvalue weighted by molar-refractivity contribution is 5.87. The van der Waals surface area contributed by atoms with Gasteiger partial charge in [0.1, 0.15) is 0 Å². The minimum Gasteiger partial charge on any atom is -0.548 e. The summed E-state index contributed by atoms with van der Waals surface area (Å²) in [5.74, 6) is -2.56. The molecule has 0 unspecified atom stereocenters. The Morgan fingerprint density at radius 2 is 1.95 bits per heavy atom. The maximum Gasteiger partial charge on any atom is 0.269 e. The van der Waals surface area contributed by atoms with Crippen molar-refractivity contribution in [2.45, 2.75) is 39.2 Å². The molecule has 0 radical (unpaired) electrons. The van der Waals surface area contributed by atoms with Gasteiger partial charge in [-0.15, -0.1) is 0 Å².